The molecule has 2 heteroatoms. The van der Waals surface area contributed by atoms with Gasteiger partial charge in [-0.05, 0) is 55.1 Å². The smallest absolute Gasteiger partial charge is 0.00364 e. The van der Waals surface area contributed by atoms with E-state index in [1.807, 2.05) is 0 Å². The van der Waals surface area contributed by atoms with E-state index in [-0.39, 0.29) is 0 Å². The van der Waals surface area contributed by atoms with Crippen LogP contribution >= 0.6 is 11.8 Å². The molecular weight excluding hydrogens is 154 g/mol. The summed E-state index contributed by atoms with van der Waals surface area (Å²) in [4.78, 5) is 0. The van der Waals surface area contributed by atoms with Gasteiger partial charge in [0.05, 0.1) is 0 Å². The predicted octanol–water partition coefficient (Wildman–Crippen LogP) is 1.72. The Morgan fingerprint density at radius 2 is 2.36 bits per heavy atom. The molecule has 1 aliphatic heterocycles. The number of hydrogen-bond acceptors (Lipinski definition) is 2. The van der Waals surface area contributed by atoms with Gasteiger partial charge in [0.1, 0.15) is 0 Å². The molecule has 0 aromatic carbocycles. The van der Waals surface area contributed by atoms with E-state index >= 15 is 0 Å². The maximum absolute atomic E-state index is 5.62. The Labute approximate surface area is 73.1 Å². The van der Waals surface area contributed by atoms with Crippen LogP contribution in [0.1, 0.15) is 19.3 Å². The zero-order chi connectivity index (χ0) is 7.68. The van der Waals surface area contributed by atoms with E-state index in [4.69, 9.17) is 5.73 Å². The van der Waals surface area contributed by atoms with E-state index in [1.165, 1.54) is 30.8 Å². The highest BCUT2D eigenvalue weighted by Crippen LogP contribution is 2.47. The zero-order valence-corrected chi connectivity index (χ0v) is 7.78. The summed E-state index contributed by atoms with van der Waals surface area (Å²) in [6, 6.07) is 0. The number of nitrogens with two attached hydrogens (primary N) is 1. The lowest BCUT2D eigenvalue weighted by atomic mass is 9.98. The fourth-order valence-electron chi connectivity index (χ4n) is 2.22. The molecular formula is C9H17NS. The fraction of sp³-hybridized carbons (Fsp3) is 1.00. The molecule has 2 fully saturated rings. The number of rotatable bonds is 2. The summed E-state index contributed by atoms with van der Waals surface area (Å²) in [5.41, 5.74) is 5.62. The minimum Gasteiger partial charge on any atom is -0.330 e. The summed E-state index contributed by atoms with van der Waals surface area (Å²) in [7, 11) is 0. The van der Waals surface area contributed by atoms with Crippen molar-refractivity contribution in [2.75, 3.05) is 18.1 Å². The maximum Gasteiger partial charge on any atom is -0.00364 e. The molecule has 0 amide bonds. The third kappa shape index (κ3) is 1.73. The van der Waals surface area contributed by atoms with Crippen molar-refractivity contribution in [2.45, 2.75) is 19.3 Å². The molecule has 3 atom stereocenters. The molecule has 1 saturated carbocycles. The Morgan fingerprint density at radius 1 is 1.45 bits per heavy atom. The highest BCUT2D eigenvalue weighted by molar-refractivity contribution is 7.99. The van der Waals surface area contributed by atoms with E-state index in [2.05, 4.69) is 11.8 Å². The minimum atomic E-state index is 0.902. The first-order valence-corrected chi connectivity index (χ1v) is 5.85. The van der Waals surface area contributed by atoms with Crippen LogP contribution in [0.4, 0.5) is 0 Å². The second-order valence-electron chi connectivity index (χ2n) is 3.87. The van der Waals surface area contributed by atoms with Gasteiger partial charge in [-0.2, -0.15) is 11.8 Å². The van der Waals surface area contributed by atoms with Crippen LogP contribution in [0.15, 0.2) is 0 Å². The molecule has 0 radical (unpaired) electrons. The van der Waals surface area contributed by atoms with Gasteiger partial charge in [0.2, 0.25) is 0 Å². The summed E-state index contributed by atoms with van der Waals surface area (Å²) in [6.45, 7) is 0.936. The Balaban J connectivity index is 1.77. The van der Waals surface area contributed by atoms with E-state index in [9.17, 15) is 0 Å². The fourth-order valence-corrected chi connectivity index (χ4v) is 3.48. The molecule has 1 aliphatic carbocycles. The highest BCUT2D eigenvalue weighted by atomic mass is 32.2. The van der Waals surface area contributed by atoms with Crippen LogP contribution in [0, 0.1) is 17.8 Å². The molecule has 2 N–H and O–H groups in total. The molecule has 2 rings (SSSR count). The third-order valence-electron chi connectivity index (χ3n) is 3.08. The molecule has 0 spiro atoms. The molecule has 64 valence electrons. The van der Waals surface area contributed by atoms with Crippen LogP contribution in [0.5, 0.6) is 0 Å². The summed E-state index contributed by atoms with van der Waals surface area (Å²) < 4.78 is 0. The summed E-state index contributed by atoms with van der Waals surface area (Å²) in [5.74, 6) is 5.77. The first kappa shape index (κ1) is 7.93. The van der Waals surface area contributed by atoms with Gasteiger partial charge in [0.25, 0.3) is 0 Å². The lowest BCUT2D eigenvalue weighted by Gasteiger charge is -2.21. The van der Waals surface area contributed by atoms with Crippen LogP contribution in [-0.2, 0) is 0 Å². The van der Waals surface area contributed by atoms with Gasteiger partial charge >= 0.3 is 0 Å². The van der Waals surface area contributed by atoms with E-state index < -0.39 is 0 Å². The minimum absolute atomic E-state index is 0.902. The average Bonchev–Trinajstić information content (AvgIpc) is 2.85. The summed E-state index contributed by atoms with van der Waals surface area (Å²) in [5, 5.41) is 0. The van der Waals surface area contributed by atoms with Crippen molar-refractivity contribution in [1.29, 1.82) is 0 Å². The number of thioether (sulfide) groups is 1. The van der Waals surface area contributed by atoms with Crippen LogP contribution in [0.2, 0.25) is 0 Å². The van der Waals surface area contributed by atoms with Crippen molar-refractivity contribution in [1.82, 2.24) is 0 Å². The van der Waals surface area contributed by atoms with Crippen molar-refractivity contribution in [3.8, 4) is 0 Å². The van der Waals surface area contributed by atoms with E-state index in [0.29, 0.717) is 0 Å². The molecule has 0 aromatic rings. The quantitative estimate of drug-likeness (QED) is 0.684. The Bertz CT molecular complexity index is 132. The van der Waals surface area contributed by atoms with Gasteiger partial charge in [0.15, 0.2) is 0 Å². The lowest BCUT2D eigenvalue weighted by Crippen LogP contribution is -2.15. The monoisotopic (exact) mass is 171 g/mol. The molecule has 1 heterocycles. The molecule has 0 bridgehead atoms. The van der Waals surface area contributed by atoms with Crippen molar-refractivity contribution in [3.63, 3.8) is 0 Å². The molecule has 2 aliphatic rings. The summed E-state index contributed by atoms with van der Waals surface area (Å²) >= 11 is 2.14. The highest BCUT2D eigenvalue weighted by Gasteiger charge is 2.41. The standard InChI is InChI=1S/C9H17NS/c10-5-8-4-9(8)7-2-1-3-11-6-7/h7-9H,1-6,10H2. The van der Waals surface area contributed by atoms with Crippen molar-refractivity contribution in [2.24, 2.45) is 23.5 Å². The first-order valence-electron chi connectivity index (χ1n) is 4.69. The topological polar surface area (TPSA) is 26.0 Å². The Morgan fingerprint density at radius 3 is 2.91 bits per heavy atom. The van der Waals surface area contributed by atoms with Crippen LogP contribution in [0.25, 0.3) is 0 Å². The largest absolute Gasteiger partial charge is 0.330 e. The van der Waals surface area contributed by atoms with Crippen molar-refractivity contribution >= 4 is 11.8 Å². The number of hydrogen-bond donors (Lipinski definition) is 1. The molecule has 3 unspecified atom stereocenters. The van der Waals surface area contributed by atoms with Gasteiger partial charge < -0.3 is 5.73 Å². The summed E-state index contributed by atoms with van der Waals surface area (Å²) in [6.07, 6.45) is 4.36. The van der Waals surface area contributed by atoms with E-state index in [0.717, 1.165) is 24.3 Å². The van der Waals surface area contributed by atoms with Crippen molar-refractivity contribution in [3.05, 3.63) is 0 Å². The zero-order valence-electron chi connectivity index (χ0n) is 6.96. The van der Waals surface area contributed by atoms with E-state index in [1.54, 1.807) is 0 Å². The maximum atomic E-state index is 5.62. The van der Waals surface area contributed by atoms with Crippen LogP contribution in [0.3, 0.4) is 0 Å². The molecule has 1 saturated heterocycles. The Hall–Kier alpha value is 0.310. The second-order valence-corrected chi connectivity index (χ2v) is 5.02. The predicted molar refractivity (Wildman–Crippen MR) is 50.7 cm³/mol. The van der Waals surface area contributed by atoms with Crippen molar-refractivity contribution < 1.29 is 0 Å². The Kier molecular flexibility index (Phi) is 2.42. The van der Waals surface area contributed by atoms with Gasteiger partial charge in [-0.25, -0.2) is 0 Å². The van der Waals surface area contributed by atoms with Crippen LogP contribution < -0.4 is 5.73 Å². The SMILES string of the molecule is NCC1CC1C1CCCSC1. The average molecular weight is 171 g/mol. The first-order chi connectivity index (χ1) is 5.42. The van der Waals surface area contributed by atoms with Gasteiger partial charge in [-0.1, -0.05) is 0 Å². The van der Waals surface area contributed by atoms with Gasteiger partial charge in [0, 0.05) is 0 Å². The van der Waals surface area contributed by atoms with Crippen LogP contribution in [-0.4, -0.2) is 18.1 Å². The molecule has 11 heavy (non-hydrogen) atoms. The lowest BCUT2D eigenvalue weighted by molar-refractivity contribution is 0.439. The molecule has 0 aromatic heterocycles. The van der Waals surface area contributed by atoms with Gasteiger partial charge in [-0.3, -0.25) is 0 Å². The molecule has 1 nitrogen and oxygen atoms in total. The third-order valence-corrected chi connectivity index (χ3v) is 4.32. The van der Waals surface area contributed by atoms with Gasteiger partial charge in [-0.15, -0.1) is 0 Å². The second kappa shape index (κ2) is 3.36. The normalized spacial score (nSPS) is 43.9.